The van der Waals surface area contributed by atoms with E-state index in [-0.39, 0.29) is 0 Å². The molecule has 0 aromatic heterocycles. The highest BCUT2D eigenvalue weighted by Gasteiger charge is 2.45. The van der Waals surface area contributed by atoms with Crippen molar-refractivity contribution >= 4 is 17.2 Å². The molecule has 0 saturated heterocycles. The van der Waals surface area contributed by atoms with Crippen molar-refractivity contribution in [2.45, 2.75) is 50.4 Å². The zero-order chi connectivity index (χ0) is 37.3. The van der Waals surface area contributed by atoms with Gasteiger partial charge < -0.3 is 0 Å². The molecule has 2 unspecified atom stereocenters. The van der Waals surface area contributed by atoms with Gasteiger partial charge in [0, 0.05) is 0 Å². The number of benzene rings is 4. The molecule has 4 aromatic rings. The van der Waals surface area contributed by atoms with E-state index in [1.165, 1.54) is 50.1 Å². The lowest BCUT2D eigenvalue weighted by Gasteiger charge is -2.43. The van der Waals surface area contributed by atoms with Gasteiger partial charge >= 0.3 is 0 Å². The van der Waals surface area contributed by atoms with Gasteiger partial charge in [0.05, 0.1) is 11.1 Å². The molecule has 0 radical (unpaired) electrons. The number of allylic oxidation sites excluding steroid dienone is 16. The third-order valence-corrected chi connectivity index (χ3v) is 11.1. The third kappa shape index (κ3) is 7.25. The van der Waals surface area contributed by atoms with Crippen molar-refractivity contribution in [3.8, 4) is 0 Å². The highest BCUT2D eigenvalue weighted by molar-refractivity contribution is 5.89. The topological polar surface area (TPSA) is 36.2 Å². The number of nitrogens with one attached hydrogen (secondary N) is 1. The molecule has 0 heterocycles. The SMILES string of the molecule is C=C\C=C/C=C\C=C1\C=C/CC(C)c2ccccc2C12C(=C)c1ccccc1/C=C\Cc1ccc(C3=CC=C(/C(=C/Cc4ccccc4)N=N)CC3)cc12. The molecule has 2 heteroatoms. The first-order chi connectivity index (χ1) is 26.5. The summed E-state index contributed by atoms with van der Waals surface area (Å²) in [6, 6.07) is 35.2. The maximum absolute atomic E-state index is 7.98. The molecule has 1 spiro atoms. The Morgan fingerprint density at radius 1 is 0.833 bits per heavy atom. The summed E-state index contributed by atoms with van der Waals surface area (Å²) in [7, 11) is 0. The molecule has 0 amide bonds. The second-order valence-corrected chi connectivity index (χ2v) is 14.3. The lowest BCUT2D eigenvalue weighted by Crippen LogP contribution is -2.35. The minimum atomic E-state index is -0.685. The average molecular weight is 701 g/mol. The quantitative estimate of drug-likeness (QED) is 0.140. The van der Waals surface area contributed by atoms with E-state index in [0.29, 0.717) is 5.92 Å². The first-order valence-electron chi connectivity index (χ1n) is 19.1. The minimum absolute atomic E-state index is 0.332. The van der Waals surface area contributed by atoms with Gasteiger partial charge in [-0.3, -0.25) is 0 Å². The zero-order valence-electron chi connectivity index (χ0n) is 31.2. The van der Waals surface area contributed by atoms with Crippen molar-refractivity contribution in [3.05, 3.63) is 244 Å². The highest BCUT2D eigenvalue weighted by Crippen LogP contribution is 2.55. The molecule has 0 fully saturated rings. The Kier molecular flexibility index (Phi) is 11.2. The van der Waals surface area contributed by atoms with E-state index in [1.807, 2.05) is 18.2 Å². The van der Waals surface area contributed by atoms with Gasteiger partial charge in [-0.25, -0.2) is 5.53 Å². The molecule has 3 aliphatic carbocycles. The van der Waals surface area contributed by atoms with Crippen molar-refractivity contribution in [2.75, 3.05) is 0 Å². The fraction of sp³-hybridized carbons (Fsp3) is 0.154. The monoisotopic (exact) mass is 700 g/mol. The largest absolute Gasteiger partial charge is 0.204 e. The fourth-order valence-corrected chi connectivity index (χ4v) is 8.33. The van der Waals surface area contributed by atoms with Crippen molar-refractivity contribution in [1.82, 2.24) is 0 Å². The predicted octanol–water partition coefficient (Wildman–Crippen LogP) is 13.8. The summed E-state index contributed by atoms with van der Waals surface area (Å²) >= 11 is 0. The molecule has 0 bridgehead atoms. The van der Waals surface area contributed by atoms with E-state index < -0.39 is 5.41 Å². The van der Waals surface area contributed by atoms with Crippen LogP contribution in [0.1, 0.15) is 76.6 Å². The Bertz CT molecular complexity index is 2320. The molecule has 266 valence electrons. The second-order valence-electron chi connectivity index (χ2n) is 14.3. The normalized spacial score (nSPS) is 21.8. The number of hydrogen-bond acceptors (Lipinski definition) is 2. The van der Waals surface area contributed by atoms with Gasteiger partial charge in [0.1, 0.15) is 0 Å². The summed E-state index contributed by atoms with van der Waals surface area (Å²) in [5.41, 5.74) is 22.7. The zero-order valence-corrected chi connectivity index (χ0v) is 31.2. The van der Waals surface area contributed by atoms with Gasteiger partial charge in [0.15, 0.2) is 0 Å². The van der Waals surface area contributed by atoms with Crippen LogP contribution in [0.15, 0.2) is 205 Å². The van der Waals surface area contributed by atoms with E-state index in [4.69, 9.17) is 12.1 Å². The van der Waals surface area contributed by atoms with Gasteiger partial charge in [-0.1, -0.05) is 190 Å². The van der Waals surface area contributed by atoms with E-state index in [0.717, 1.165) is 54.5 Å². The van der Waals surface area contributed by atoms with Crippen molar-refractivity contribution in [3.63, 3.8) is 0 Å². The standard InChI is InChI=1S/C52H48N2/c1-4-5-6-7-11-24-46-25-16-18-38(2)47-26-14-15-28-49(47)52(46)39(3)48-27-13-12-21-42(48)22-17-23-43-32-35-45(37-50(43)52)41-30-33-44(34-31-41)51(54-53)36-29-40-19-9-8-10-20-40/h4-17,19-22,24-28,30,32-33,35-38,53H,1,3,18,23,29,31,34H2,2H3/b6-5-,11-7-,22-17-,25-16-,46-24-,51-36-,54-53?. The van der Waals surface area contributed by atoms with Crippen LogP contribution in [-0.4, -0.2) is 0 Å². The van der Waals surface area contributed by atoms with Crippen LogP contribution in [-0.2, 0) is 18.3 Å². The lowest BCUT2D eigenvalue weighted by atomic mass is 9.59. The average Bonchev–Trinajstić information content (AvgIpc) is 3.26. The molecular formula is C52H48N2. The fourth-order valence-electron chi connectivity index (χ4n) is 8.33. The Balaban J connectivity index is 1.45. The maximum atomic E-state index is 7.98. The van der Waals surface area contributed by atoms with Crippen molar-refractivity contribution in [2.24, 2.45) is 5.11 Å². The summed E-state index contributed by atoms with van der Waals surface area (Å²) in [5, 5.41) is 3.96. The van der Waals surface area contributed by atoms with Crippen LogP contribution in [0.3, 0.4) is 0 Å². The summed E-state index contributed by atoms with van der Waals surface area (Å²) < 4.78 is 0. The summed E-state index contributed by atoms with van der Waals surface area (Å²) in [6.45, 7) is 11.3. The number of nitrogens with zero attached hydrogens (tertiary/aromatic N) is 1. The van der Waals surface area contributed by atoms with Crippen LogP contribution in [0.4, 0.5) is 0 Å². The molecule has 0 saturated carbocycles. The number of rotatable bonds is 8. The van der Waals surface area contributed by atoms with Crippen molar-refractivity contribution < 1.29 is 0 Å². The van der Waals surface area contributed by atoms with Crippen molar-refractivity contribution in [1.29, 1.82) is 5.53 Å². The first-order valence-corrected chi connectivity index (χ1v) is 19.1. The van der Waals surface area contributed by atoms with E-state index >= 15 is 0 Å². The molecule has 1 N–H and O–H groups in total. The number of hydrogen-bond donors (Lipinski definition) is 1. The first kappa shape index (κ1) is 36.2. The Labute approximate surface area is 321 Å². The van der Waals surface area contributed by atoms with Crippen LogP contribution in [0, 0.1) is 5.53 Å². The van der Waals surface area contributed by atoms with Crippen LogP contribution in [0.2, 0.25) is 0 Å². The Hall–Kier alpha value is -6.12. The van der Waals surface area contributed by atoms with Gasteiger partial charge in [-0.2, -0.15) is 5.11 Å². The maximum Gasteiger partial charge on any atom is 0.0845 e. The van der Waals surface area contributed by atoms with Crippen LogP contribution in [0.5, 0.6) is 0 Å². The third-order valence-electron chi connectivity index (χ3n) is 11.1. The van der Waals surface area contributed by atoms with Gasteiger partial charge in [-0.15, -0.1) is 0 Å². The summed E-state index contributed by atoms with van der Waals surface area (Å²) in [4.78, 5) is 0. The number of fused-ring (bicyclic) bond motifs is 5. The molecule has 3 aliphatic rings. The molecule has 7 rings (SSSR count). The molecular weight excluding hydrogens is 653 g/mol. The van der Waals surface area contributed by atoms with Crippen LogP contribution < -0.4 is 0 Å². The van der Waals surface area contributed by atoms with E-state index in [1.54, 1.807) is 6.08 Å². The second kappa shape index (κ2) is 16.7. The minimum Gasteiger partial charge on any atom is -0.204 e. The van der Waals surface area contributed by atoms with Gasteiger partial charge in [0.25, 0.3) is 0 Å². The Morgan fingerprint density at radius 3 is 2.44 bits per heavy atom. The van der Waals surface area contributed by atoms with Crippen LogP contribution in [0.25, 0.3) is 17.2 Å². The lowest BCUT2D eigenvalue weighted by molar-refractivity contribution is 0.704. The smallest absolute Gasteiger partial charge is 0.0845 e. The predicted molar refractivity (Wildman–Crippen MR) is 229 cm³/mol. The molecule has 0 aliphatic heterocycles. The van der Waals surface area contributed by atoms with E-state index in [2.05, 4.69) is 170 Å². The molecule has 2 nitrogen and oxygen atoms in total. The molecule has 4 aromatic carbocycles. The molecule has 2 atom stereocenters. The summed E-state index contributed by atoms with van der Waals surface area (Å²) in [5.74, 6) is 0.332. The summed E-state index contributed by atoms with van der Waals surface area (Å²) in [6.07, 6.45) is 32.3. The van der Waals surface area contributed by atoms with E-state index in [9.17, 15) is 0 Å². The van der Waals surface area contributed by atoms with Crippen LogP contribution >= 0.6 is 0 Å². The van der Waals surface area contributed by atoms with Gasteiger partial charge in [-0.05, 0) is 111 Å². The highest BCUT2D eigenvalue weighted by atomic mass is 15.0. The Morgan fingerprint density at radius 2 is 1.63 bits per heavy atom. The molecule has 54 heavy (non-hydrogen) atoms. The van der Waals surface area contributed by atoms with Gasteiger partial charge in [0.2, 0.25) is 0 Å².